The van der Waals surface area contributed by atoms with Crippen LogP contribution in [-0.4, -0.2) is 19.5 Å². The van der Waals surface area contributed by atoms with E-state index in [9.17, 15) is 0 Å². The average Bonchev–Trinajstić information content (AvgIpc) is 3.74. The minimum absolute atomic E-state index is 0.661. The molecular formula is C45H28N4S. The van der Waals surface area contributed by atoms with Gasteiger partial charge in [-0.2, -0.15) is 0 Å². The molecule has 234 valence electrons. The second-order valence-corrected chi connectivity index (χ2v) is 13.5. The second-order valence-electron chi connectivity index (χ2n) is 12.5. The standard InChI is InChI=1S/C45H28N4S/c1-4-13-29(14-5-1)43-46-44(30-15-6-2-7-16-30)48-45(47-43)36-20-12-22-41-42(36)37-27-31(24-26-40(37)50-41)32-23-25-35-34-19-10-11-21-38(34)49(39(35)28-32)33-17-8-3-9-18-33/h1-28H. The van der Waals surface area contributed by atoms with Gasteiger partial charge in [0, 0.05) is 53.3 Å². The van der Waals surface area contributed by atoms with Gasteiger partial charge >= 0.3 is 0 Å². The molecule has 4 nitrogen and oxygen atoms in total. The van der Waals surface area contributed by atoms with Crippen LogP contribution in [0.4, 0.5) is 0 Å². The zero-order valence-corrected chi connectivity index (χ0v) is 27.7. The maximum atomic E-state index is 5.09. The number of para-hydroxylation sites is 2. The SMILES string of the molecule is c1ccc(-c2nc(-c3ccccc3)nc(-c3cccc4sc5ccc(-c6ccc7c8ccccc8n(-c8ccccc8)c7c6)cc5c34)n2)cc1. The van der Waals surface area contributed by atoms with Crippen LogP contribution >= 0.6 is 11.3 Å². The lowest BCUT2D eigenvalue weighted by Gasteiger charge is -2.10. The van der Waals surface area contributed by atoms with E-state index in [1.165, 1.54) is 47.7 Å². The van der Waals surface area contributed by atoms with Gasteiger partial charge in [0.05, 0.1) is 11.0 Å². The lowest BCUT2D eigenvalue weighted by Crippen LogP contribution is -2.00. The minimum Gasteiger partial charge on any atom is -0.309 e. The number of hydrogen-bond acceptors (Lipinski definition) is 4. The van der Waals surface area contributed by atoms with Crippen molar-refractivity contribution in [3.05, 3.63) is 170 Å². The molecule has 0 atom stereocenters. The molecule has 0 aliphatic rings. The first-order chi connectivity index (χ1) is 24.8. The third kappa shape index (κ3) is 4.71. The van der Waals surface area contributed by atoms with E-state index in [0.29, 0.717) is 17.5 Å². The van der Waals surface area contributed by atoms with Crippen LogP contribution in [0, 0.1) is 0 Å². The lowest BCUT2D eigenvalue weighted by atomic mass is 9.99. The van der Waals surface area contributed by atoms with Crippen LogP contribution in [0.2, 0.25) is 0 Å². The van der Waals surface area contributed by atoms with Crippen molar-refractivity contribution in [2.24, 2.45) is 0 Å². The molecule has 3 aromatic heterocycles. The van der Waals surface area contributed by atoms with E-state index >= 15 is 0 Å². The molecule has 3 heterocycles. The maximum Gasteiger partial charge on any atom is 0.164 e. The molecular weight excluding hydrogens is 629 g/mol. The third-order valence-corrected chi connectivity index (χ3v) is 10.6. The summed E-state index contributed by atoms with van der Waals surface area (Å²) in [4.78, 5) is 15.1. The average molecular weight is 657 g/mol. The van der Waals surface area contributed by atoms with E-state index in [-0.39, 0.29) is 0 Å². The molecule has 0 N–H and O–H groups in total. The highest BCUT2D eigenvalue weighted by atomic mass is 32.1. The predicted molar refractivity (Wildman–Crippen MR) is 209 cm³/mol. The fraction of sp³-hybridized carbons (Fsp3) is 0. The first kappa shape index (κ1) is 28.6. The molecule has 0 amide bonds. The van der Waals surface area contributed by atoms with Crippen LogP contribution in [0.1, 0.15) is 0 Å². The van der Waals surface area contributed by atoms with Gasteiger partial charge in [0.1, 0.15) is 0 Å². The van der Waals surface area contributed by atoms with Crippen molar-refractivity contribution >= 4 is 53.3 Å². The summed E-state index contributed by atoms with van der Waals surface area (Å²) in [6.07, 6.45) is 0. The topological polar surface area (TPSA) is 43.6 Å². The highest BCUT2D eigenvalue weighted by Crippen LogP contribution is 2.42. The number of rotatable bonds is 5. The molecule has 0 radical (unpaired) electrons. The molecule has 0 aliphatic carbocycles. The monoisotopic (exact) mass is 656 g/mol. The van der Waals surface area contributed by atoms with Crippen LogP contribution in [0.3, 0.4) is 0 Å². The molecule has 0 bridgehead atoms. The fourth-order valence-corrected chi connectivity index (χ4v) is 8.24. The molecule has 10 aromatic rings. The van der Waals surface area contributed by atoms with Crippen molar-refractivity contribution in [1.29, 1.82) is 0 Å². The third-order valence-electron chi connectivity index (χ3n) is 9.46. The number of fused-ring (bicyclic) bond motifs is 6. The molecule has 7 aromatic carbocycles. The van der Waals surface area contributed by atoms with E-state index < -0.39 is 0 Å². The Labute approximate surface area is 292 Å². The van der Waals surface area contributed by atoms with Crippen molar-refractivity contribution in [3.63, 3.8) is 0 Å². The Hall–Kier alpha value is -6.43. The molecule has 50 heavy (non-hydrogen) atoms. The Morgan fingerprint density at radius 1 is 0.380 bits per heavy atom. The molecule has 0 unspecified atom stereocenters. The van der Waals surface area contributed by atoms with Gasteiger partial charge in [-0.05, 0) is 53.6 Å². The Bertz CT molecular complexity index is 2800. The van der Waals surface area contributed by atoms with Crippen LogP contribution < -0.4 is 0 Å². The molecule has 5 heteroatoms. The second kappa shape index (κ2) is 11.6. The fourth-order valence-electron chi connectivity index (χ4n) is 7.13. The van der Waals surface area contributed by atoms with Gasteiger partial charge in [-0.3, -0.25) is 0 Å². The number of hydrogen-bond donors (Lipinski definition) is 0. The molecule has 0 aliphatic heterocycles. The Morgan fingerprint density at radius 3 is 1.72 bits per heavy atom. The van der Waals surface area contributed by atoms with Crippen LogP contribution in [-0.2, 0) is 0 Å². The smallest absolute Gasteiger partial charge is 0.164 e. The number of thiophene rings is 1. The zero-order chi connectivity index (χ0) is 33.0. The summed E-state index contributed by atoms with van der Waals surface area (Å²) in [6.45, 7) is 0. The Kier molecular flexibility index (Phi) is 6.64. The van der Waals surface area contributed by atoms with Gasteiger partial charge in [-0.25, -0.2) is 15.0 Å². The molecule has 0 spiro atoms. The van der Waals surface area contributed by atoms with Gasteiger partial charge in [0.25, 0.3) is 0 Å². The Morgan fingerprint density at radius 2 is 0.980 bits per heavy atom. The number of benzene rings is 7. The maximum absolute atomic E-state index is 5.09. The van der Waals surface area contributed by atoms with Gasteiger partial charge in [-0.1, -0.05) is 127 Å². The summed E-state index contributed by atoms with van der Waals surface area (Å²) in [5.74, 6) is 1.99. The van der Waals surface area contributed by atoms with Crippen molar-refractivity contribution in [2.75, 3.05) is 0 Å². The predicted octanol–water partition coefficient (Wildman–Crippen LogP) is 12.0. The van der Waals surface area contributed by atoms with Gasteiger partial charge in [0.15, 0.2) is 17.5 Å². The molecule has 0 saturated carbocycles. The molecule has 0 saturated heterocycles. The first-order valence-electron chi connectivity index (χ1n) is 16.7. The lowest BCUT2D eigenvalue weighted by molar-refractivity contribution is 1.08. The summed E-state index contributed by atoms with van der Waals surface area (Å²) in [7, 11) is 0. The largest absolute Gasteiger partial charge is 0.309 e. The summed E-state index contributed by atoms with van der Waals surface area (Å²) in [5, 5.41) is 4.86. The van der Waals surface area contributed by atoms with Crippen molar-refractivity contribution < 1.29 is 0 Å². The van der Waals surface area contributed by atoms with Crippen LogP contribution in [0.15, 0.2) is 170 Å². The molecule has 0 fully saturated rings. The van der Waals surface area contributed by atoms with E-state index in [1.54, 1.807) is 11.3 Å². The summed E-state index contributed by atoms with van der Waals surface area (Å²) in [5.41, 5.74) is 8.82. The van der Waals surface area contributed by atoms with Gasteiger partial charge in [0.2, 0.25) is 0 Å². The summed E-state index contributed by atoms with van der Waals surface area (Å²) < 4.78 is 4.81. The summed E-state index contributed by atoms with van der Waals surface area (Å²) >= 11 is 1.81. The van der Waals surface area contributed by atoms with E-state index in [0.717, 1.165) is 27.8 Å². The van der Waals surface area contributed by atoms with Crippen molar-refractivity contribution in [2.45, 2.75) is 0 Å². The van der Waals surface area contributed by atoms with Gasteiger partial charge < -0.3 is 4.57 Å². The van der Waals surface area contributed by atoms with Crippen molar-refractivity contribution in [1.82, 2.24) is 19.5 Å². The van der Waals surface area contributed by atoms with Gasteiger partial charge in [-0.15, -0.1) is 11.3 Å². The van der Waals surface area contributed by atoms with Crippen LogP contribution in [0.25, 0.3) is 93.0 Å². The van der Waals surface area contributed by atoms with E-state index in [1.807, 2.05) is 36.4 Å². The highest BCUT2D eigenvalue weighted by molar-refractivity contribution is 7.26. The van der Waals surface area contributed by atoms with Crippen molar-refractivity contribution in [3.8, 4) is 51.0 Å². The number of nitrogens with zero attached hydrogens (tertiary/aromatic N) is 4. The minimum atomic E-state index is 0.661. The number of aromatic nitrogens is 4. The van der Waals surface area contributed by atoms with E-state index in [2.05, 4.69) is 138 Å². The van der Waals surface area contributed by atoms with E-state index in [4.69, 9.17) is 15.0 Å². The normalized spacial score (nSPS) is 11.6. The first-order valence-corrected chi connectivity index (χ1v) is 17.5. The highest BCUT2D eigenvalue weighted by Gasteiger charge is 2.18. The summed E-state index contributed by atoms with van der Waals surface area (Å²) in [6, 6.07) is 59.8. The van der Waals surface area contributed by atoms with Crippen LogP contribution in [0.5, 0.6) is 0 Å². The molecule has 10 rings (SSSR count). The zero-order valence-electron chi connectivity index (χ0n) is 26.9. The quantitative estimate of drug-likeness (QED) is 0.185. The Balaban J connectivity index is 1.17.